The highest BCUT2D eigenvalue weighted by Gasteiger charge is 2.25. The standard InChI is InChI=1S/C21H36N2O6.C2H6/c1-21(25-2,26-3)19-8-6-18(7-9-19)20(24)23-11-5-13-28-15-17-29-16-14-27-12-4-10-22;1-2/h6-9H,4-5,10-17,22H2,1-3H3,(H,23,24);1-2H3. The van der Waals surface area contributed by atoms with Crippen LogP contribution in [0.5, 0.6) is 0 Å². The third-order valence-corrected chi connectivity index (χ3v) is 4.44. The van der Waals surface area contributed by atoms with Crippen LogP contribution in [0.3, 0.4) is 0 Å². The van der Waals surface area contributed by atoms with Gasteiger partial charge in [-0.1, -0.05) is 26.0 Å². The van der Waals surface area contributed by atoms with E-state index in [1.807, 2.05) is 32.9 Å². The second-order valence-electron chi connectivity index (χ2n) is 6.52. The Balaban J connectivity index is 0.00000436. The minimum absolute atomic E-state index is 0.119. The Morgan fingerprint density at radius 3 is 1.84 bits per heavy atom. The van der Waals surface area contributed by atoms with E-state index in [2.05, 4.69) is 5.32 Å². The highest BCUT2D eigenvalue weighted by Crippen LogP contribution is 2.25. The number of nitrogens with one attached hydrogen (secondary N) is 1. The van der Waals surface area contributed by atoms with Gasteiger partial charge in [-0.2, -0.15) is 0 Å². The first kappa shape index (κ1) is 29.5. The molecule has 3 N–H and O–H groups in total. The molecular weight excluding hydrogens is 400 g/mol. The molecule has 0 atom stereocenters. The van der Waals surface area contributed by atoms with E-state index in [0.29, 0.717) is 58.3 Å². The number of nitrogens with two attached hydrogens (primary N) is 1. The predicted molar refractivity (Wildman–Crippen MR) is 122 cm³/mol. The summed E-state index contributed by atoms with van der Waals surface area (Å²) in [6.07, 6.45) is 1.60. The van der Waals surface area contributed by atoms with Gasteiger partial charge < -0.3 is 34.7 Å². The maximum absolute atomic E-state index is 12.2. The van der Waals surface area contributed by atoms with Crippen LogP contribution in [-0.4, -0.2) is 72.9 Å². The summed E-state index contributed by atoms with van der Waals surface area (Å²) in [6, 6.07) is 7.17. The number of hydrogen-bond donors (Lipinski definition) is 2. The molecule has 1 aromatic rings. The van der Waals surface area contributed by atoms with Gasteiger partial charge in [0, 0.05) is 45.1 Å². The first-order valence-corrected chi connectivity index (χ1v) is 11.0. The maximum Gasteiger partial charge on any atom is 0.251 e. The van der Waals surface area contributed by atoms with Gasteiger partial charge in [-0.15, -0.1) is 0 Å². The molecule has 0 aliphatic heterocycles. The van der Waals surface area contributed by atoms with Crippen molar-refractivity contribution in [1.82, 2.24) is 5.32 Å². The monoisotopic (exact) mass is 442 g/mol. The van der Waals surface area contributed by atoms with Crippen molar-refractivity contribution in [2.45, 2.75) is 39.4 Å². The molecule has 180 valence electrons. The summed E-state index contributed by atoms with van der Waals surface area (Å²) in [5, 5.41) is 2.88. The molecular formula is C23H42N2O6. The summed E-state index contributed by atoms with van der Waals surface area (Å²) in [4.78, 5) is 12.2. The van der Waals surface area contributed by atoms with E-state index in [-0.39, 0.29) is 5.91 Å². The summed E-state index contributed by atoms with van der Waals surface area (Å²) in [7, 11) is 3.16. The van der Waals surface area contributed by atoms with Gasteiger partial charge in [-0.3, -0.25) is 4.79 Å². The van der Waals surface area contributed by atoms with Crippen molar-refractivity contribution in [1.29, 1.82) is 0 Å². The van der Waals surface area contributed by atoms with Gasteiger partial charge in [0.2, 0.25) is 0 Å². The topological polar surface area (TPSA) is 101 Å². The Labute approximate surface area is 187 Å². The average molecular weight is 443 g/mol. The summed E-state index contributed by atoms with van der Waals surface area (Å²) < 4.78 is 26.9. The molecule has 0 aliphatic rings. The van der Waals surface area contributed by atoms with E-state index in [9.17, 15) is 4.79 Å². The van der Waals surface area contributed by atoms with Crippen molar-refractivity contribution < 1.29 is 28.5 Å². The van der Waals surface area contributed by atoms with E-state index in [1.54, 1.807) is 26.4 Å². The van der Waals surface area contributed by atoms with E-state index >= 15 is 0 Å². The second kappa shape index (κ2) is 19.2. The lowest BCUT2D eigenvalue weighted by Crippen LogP contribution is -2.27. The van der Waals surface area contributed by atoms with Crippen LogP contribution in [0.2, 0.25) is 0 Å². The highest BCUT2D eigenvalue weighted by atomic mass is 16.7. The number of rotatable bonds is 17. The van der Waals surface area contributed by atoms with Crippen LogP contribution in [0.1, 0.15) is 49.5 Å². The molecule has 0 spiro atoms. The van der Waals surface area contributed by atoms with Crippen molar-refractivity contribution >= 4 is 5.91 Å². The van der Waals surface area contributed by atoms with Crippen molar-refractivity contribution in [3.63, 3.8) is 0 Å². The molecule has 0 fully saturated rings. The molecule has 0 unspecified atom stereocenters. The zero-order valence-corrected chi connectivity index (χ0v) is 19.9. The van der Waals surface area contributed by atoms with Crippen molar-refractivity contribution in [3.05, 3.63) is 35.4 Å². The van der Waals surface area contributed by atoms with Gasteiger partial charge >= 0.3 is 0 Å². The predicted octanol–water partition coefficient (Wildman–Crippen LogP) is 2.70. The average Bonchev–Trinajstić information content (AvgIpc) is 2.82. The number of carbonyl (C=O) groups is 1. The fourth-order valence-electron chi connectivity index (χ4n) is 2.45. The van der Waals surface area contributed by atoms with Gasteiger partial charge in [0.1, 0.15) is 0 Å². The SMILES string of the molecule is CC.COC(C)(OC)c1ccc(C(=O)NCCCOCCOCCOCCCN)cc1. The van der Waals surface area contributed by atoms with Crippen LogP contribution in [0.15, 0.2) is 24.3 Å². The molecule has 0 bridgehead atoms. The lowest BCUT2D eigenvalue weighted by atomic mass is 10.0. The largest absolute Gasteiger partial charge is 0.379 e. The smallest absolute Gasteiger partial charge is 0.251 e. The maximum atomic E-state index is 12.2. The Morgan fingerprint density at radius 2 is 1.35 bits per heavy atom. The van der Waals surface area contributed by atoms with Crippen molar-refractivity contribution in [2.75, 3.05) is 67.0 Å². The van der Waals surface area contributed by atoms with E-state index < -0.39 is 5.79 Å². The van der Waals surface area contributed by atoms with Gasteiger partial charge in [0.15, 0.2) is 5.79 Å². The molecule has 0 radical (unpaired) electrons. The molecule has 0 aromatic heterocycles. The summed E-state index contributed by atoms with van der Waals surface area (Å²) in [5.41, 5.74) is 6.81. The minimum atomic E-state index is -0.826. The van der Waals surface area contributed by atoms with Crippen LogP contribution >= 0.6 is 0 Å². The Morgan fingerprint density at radius 1 is 0.871 bits per heavy atom. The zero-order chi connectivity index (χ0) is 23.4. The Hall–Kier alpha value is -1.55. The molecule has 1 amide bonds. The van der Waals surface area contributed by atoms with E-state index in [4.69, 9.17) is 29.4 Å². The third-order valence-electron chi connectivity index (χ3n) is 4.44. The van der Waals surface area contributed by atoms with Crippen molar-refractivity contribution in [3.8, 4) is 0 Å². The number of carbonyl (C=O) groups excluding carboxylic acids is 1. The molecule has 8 nitrogen and oxygen atoms in total. The summed E-state index contributed by atoms with van der Waals surface area (Å²) in [5.74, 6) is -0.945. The zero-order valence-electron chi connectivity index (χ0n) is 19.9. The lowest BCUT2D eigenvalue weighted by Gasteiger charge is -2.26. The quantitative estimate of drug-likeness (QED) is 0.282. The number of benzene rings is 1. The highest BCUT2D eigenvalue weighted by molar-refractivity contribution is 5.94. The Bertz CT molecular complexity index is 550. The normalized spacial score (nSPS) is 11.0. The molecule has 1 aromatic carbocycles. The fraction of sp³-hybridized carbons (Fsp3) is 0.696. The number of amides is 1. The number of hydrogen-bond acceptors (Lipinski definition) is 7. The van der Waals surface area contributed by atoms with Gasteiger partial charge in [-0.05, 0) is 38.4 Å². The first-order valence-electron chi connectivity index (χ1n) is 11.0. The molecule has 0 saturated heterocycles. The fourth-order valence-corrected chi connectivity index (χ4v) is 2.45. The van der Waals surface area contributed by atoms with Crippen LogP contribution < -0.4 is 11.1 Å². The molecule has 1 rings (SSSR count). The van der Waals surface area contributed by atoms with E-state index in [1.165, 1.54) is 0 Å². The first-order chi connectivity index (χ1) is 15.1. The van der Waals surface area contributed by atoms with E-state index in [0.717, 1.165) is 18.4 Å². The second-order valence-corrected chi connectivity index (χ2v) is 6.52. The van der Waals surface area contributed by atoms with Crippen LogP contribution in [-0.2, 0) is 29.5 Å². The molecule has 0 heterocycles. The Kier molecular flexibility index (Phi) is 18.2. The van der Waals surface area contributed by atoms with Crippen molar-refractivity contribution in [2.24, 2.45) is 5.73 Å². The minimum Gasteiger partial charge on any atom is -0.379 e. The summed E-state index contributed by atoms with van der Waals surface area (Å²) >= 11 is 0. The third kappa shape index (κ3) is 12.8. The van der Waals surface area contributed by atoms with Crippen LogP contribution in [0.25, 0.3) is 0 Å². The van der Waals surface area contributed by atoms with Gasteiger partial charge in [-0.25, -0.2) is 0 Å². The lowest BCUT2D eigenvalue weighted by molar-refractivity contribution is -0.201. The molecule has 31 heavy (non-hydrogen) atoms. The molecule has 0 saturated carbocycles. The van der Waals surface area contributed by atoms with Crippen LogP contribution in [0, 0.1) is 0 Å². The molecule has 8 heteroatoms. The van der Waals surface area contributed by atoms with Gasteiger partial charge in [0.25, 0.3) is 5.91 Å². The summed E-state index contributed by atoms with van der Waals surface area (Å²) in [6.45, 7) is 10.4. The molecule has 0 aliphatic carbocycles. The number of methoxy groups -OCH3 is 2. The number of ether oxygens (including phenoxy) is 5. The van der Waals surface area contributed by atoms with Crippen LogP contribution in [0.4, 0.5) is 0 Å². The van der Waals surface area contributed by atoms with Gasteiger partial charge in [0.05, 0.1) is 26.4 Å².